The van der Waals surface area contributed by atoms with Gasteiger partial charge in [-0.2, -0.15) is 0 Å². The molecule has 0 saturated heterocycles. The first-order chi connectivity index (χ1) is 7.81. The fourth-order valence-corrected chi connectivity index (χ4v) is 2.31. The molecule has 0 spiro atoms. The van der Waals surface area contributed by atoms with E-state index in [0.717, 1.165) is 27.8 Å². The predicted octanol–water partition coefficient (Wildman–Crippen LogP) is 2.56. The Bertz CT molecular complexity index is 470. The van der Waals surface area contributed by atoms with Gasteiger partial charge < -0.3 is 9.84 Å². The Morgan fingerprint density at radius 3 is 3.06 bits per heavy atom. The second-order valence-electron chi connectivity index (χ2n) is 3.29. The van der Waals surface area contributed by atoms with E-state index in [1.54, 1.807) is 24.2 Å². The van der Waals surface area contributed by atoms with Crippen LogP contribution >= 0.6 is 11.8 Å². The van der Waals surface area contributed by atoms with Crippen LogP contribution in [0.5, 0.6) is 0 Å². The third kappa shape index (κ3) is 2.37. The molecule has 0 radical (unpaired) electrons. The van der Waals surface area contributed by atoms with Gasteiger partial charge in [-0.15, -0.1) is 11.8 Å². The molecule has 0 aliphatic rings. The molecule has 0 saturated carbocycles. The van der Waals surface area contributed by atoms with E-state index >= 15 is 0 Å². The zero-order valence-corrected chi connectivity index (χ0v) is 9.75. The summed E-state index contributed by atoms with van der Waals surface area (Å²) < 4.78 is 5.23. The number of nitrogens with zero attached hydrogens (tertiary/aromatic N) is 1. The molecule has 0 aromatic carbocycles. The van der Waals surface area contributed by atoms with Gasteiger partial charge in [-0.1, -0.05) is 6.07 Å². The molecule has 0 aliphatic heterocycles. The normalized spacial score (nSPS) is 10.4. The number of nitrogens with one attached hydrogen (secondary N) is 1. The largest absolute Gasteiger partial charge is 0.468 e. The number of aromatic nitrogens is 1. The number of hydrazine groups is 1. The van der Waals surface area contributed by atoms with Crippen LogP contribution in [-0.2, 0) is 5.75 Å². The Morgan fingerprint density at radius 1 is 1.50 bits per heavy atom. The van der Waals surface area contributed by atoms with E-state index < -0.39 is 0 Å². The minimum Gasteiger partial charge on any atom is -0.468 e. The Hall–Kier alpha value is -1.46. The monoisotopic (exact) mass is 235 g/mol. The average Bonchev–Trinajstić information content (AvgIpc) is 2.72. The Balaban J connectivity index is 2.07. The number of rotatable bonds is 4. The number of thioether (sulfide) groups is 1. The zero-order valence-electron chi connectivity index (χ0n) is 8.93. The summed E-state index contributed by atoms with van der Waals surface area (Å²) in [7, 11) is 0. The van der Waals surface area contributed by atoms with Crippen LogP contribution in [0.2, 0.25) is 0 Å². The molecule has 2 aromatic rings. The van der Waals surface area contributed by atoms with Gasteiger partial charge in [0.15, 0.2) is 0 Å². The highest BCUT2D eigenvalue weighted by atomic mass is 32.2. The van der Waals surface area contributed by atoms with Crippen LogP contribution in [0.3, 0.4) is 0 Å². The SMILES string of the molecule is Cc1occc1SCc1cccnc1NN. The number of hydrogen-bond acceptors (Lipinski definition) is 5. The molecule has 0 aliphatic carbocycles. The van der Waals surface area contributed by atoms with Crippen LogP contribution in [0.15, 0.2) is 40.0 Å². The van der Waals surface area contributed by atoms with E-state index in [0.29, 0.717) is 0 Å². The van der Waals surface area contributed by atoms with Crippen molar-refractivity contribution in [1.29, 1.82) is 0 Å². The molecule has 3 N–H and O–H groups in total. The van der Waals surface area contributed by atoms with E-state index in [4.69, 9.17) is 10.3 Å². The second-order valence-corrected chi connectivity index (χ2v) is 4.30. The highest BCUT2D eigenvalue weighted by Crippen LogP contribution is 2.28. The lowest BCUT2D eigenvalue weighted by molar-refractivity contribution is 0.527. The lowest BCUT2D eigenvalue weighted by Crippen LogP contribution is -2.10. The van der Waals surface area contributed by atoms with Crippen LogP contribution < -0.4 is 11.3 Å². The molecule has 84 valence electrons. The molecule has 0 unspecified atom stereocenters. The lowest BCUT2D eigenvalue weighted by atomic mass is 10.3. The van der Waals surface area contributed by atoms with Gasteiger partial charge in [-0.05, 0) is 19.1 Å². The van der Waals surface area contributed by atoms with Crippen LogP contribution in [0.1, 0.15) is 11.3 Å². The molecular formula is C11H13N3OS. The highest BCUT2D eigenvalue weighted by Gasteiger charge is 2.05. The maximum absolute atomic E-state index is 5.39. The number of aryl methyl sites for hydroxylation is 1. The van der Waals surface area contributed by atoms with Gasteiger partial charge in [0.1, 0.15) is 11.6 Å². The smallest absolute Gasteiger partial charge is 0.143 e. The predicted molar refractivity (Wildman–Crippen MR) is 65.1 cm³/mol. The Morgan fingerprint density at radius 2 is 2.38 bits per heavy atom. The van der Waals surface area contributed by atoms with Gasteiger partial charge in [0, 0.05) is 22.4 Å². The number of pyridine rings is 1. The van der Waals surface area contributed by atoms with Crippen molar-refractivity contribution >= 4 is 17.6 Å². The Labute approximate surface area is 98.2 Å². The van der Waals surface area contributed by atoms with Crippen LogP contribution in [0, 0.1) is 6.92 Å². The molecular weight excluding hydrogens is 222 g/mol. The van der Waals surface area contributed by atoms with Crippen molar-refractivity contribution < 1.29 is 4.42 Å². The number of furan rings is 1. The molecule has 2 rings (SSSR count). The minimum atomic E-state index is 0.719. The van der Waals surface area contributed by atoms with E-state index in [2.05, 4.69) is 10.4 Å². The Kier molecular flexibility index (Phi) is 3.48. The molecule has 2 aromatic heterocycles. The fourth-order valence-electron chi connectivity index (χ4n) is 1.36. The van der Waals surface area contributed by atoms with Crippen molar-refractivity contribution in [2.24, 2.45) is 5.84 Å². The summed E-state index contributed by atoms with van der Waals surface area (Å²) in [6.07, 6.45) is 3.41. The van der Waals surface area contributed by atoms with E-state index in [9.17, 15) is 0 Å². The van der Waals surface area contributed by atoms with Gasteiger partial charge in [0.05, 0.1) is 6.26 Å². The van der Waals surface area contributed by atoms with Gasteiger partial charge in [-0.25, -0.2) is 10.8 Å². The van der Waals surface area contributed by atoms with Crippen molar-refractivity contribution in [2.75, 3.05) is 5.43 Å². The van der Waals surface area contributed by atoms with E-state index in [1.165, 1.54) is 0 Å². The maximum atomic E-state index is 5.39. The summed E-state index contributed by atoms with van der Waals surface area (Å²) in [6, 6.07) is 5.87. The zero-order chi connectivity index (χ0) is 11.4. The first-order valence-electron chi connectivity index (χ1n) is 4.88. The molecule has 0 fully saturated rings. The summed E-state index contributed by atoms with van der Waals surface area (Å²) in [5.74, 6) is 7.86. The van der Waals surface area contributed by atoms with Crippen LogP contribution in [0.25, 0.3) is 0 Å². The number of anilines is 1. The molecule has 0 amide bonds. The van der Waals surface area contributed by atoms with Gasteiger partial charge in [0.25, 0.3) is 0 Å². The summed E-state index contributed by atoms with van der Waals surface area (Å²) in [6.45, 7) is 1.95. The fraction of sp³-hybridized carbons (Fsp3) is 0.182. The van der Waals surface area contributed by atoms with Gasteiger partial charge >= 0.3 is 0 Å². The van der Waals surface area contributed by atoms with Crippen LogP contribution in [0.4, 0.5) is 5.82 Å². The quantitative estimate of drug-likeness (QED) is 0.484. The number of nitrogens with two attached hydrogens (primary N) is 1. The maximum Gasteiger partial charge on any atom is 0.143 e. The van der Waals surface area contributed by atoms with E-state index in [1.807, 2.05) is 25.1 Å². The standard InChI is InChI=1S/C11H13N3OS/c1-8-10(4-6-15-8)16-7-9-3-2-5-13-11(9)14-12/h2-6H,7,12H2,1H3,(H,13,14). The van der Waals surface area contributed by atoms with Crippen molar-refractivity contribution in [1.82, 2.24) is 4.98 Å². The van der Waals surface area contributed by atoms with Gasteiger partial charge in [-0.3, -0.25) is 0 Å². The van der Waals surface area contributed by atoms with Crippen molar-refractivity contribution in [3.63, 3.8) is 0 Å². The average molecular weight is 235 g/mol. The molecule has 0 bridgehead atoms. The first-order valence-corrected chi connectivity index (χ1v) is 5.87. The summed E-state index contributed by atoms with van der Waals surface area (Å²) >= 11 is 1.71. The summed E-state index contributed by atoms with van der Waals surface area (Å²) in [5.41, 5.74) is 3.67. The lowest BCUT2D eigenvalue weighted by Gasteiger charge is -2.06. The molecule has 16 heavy (non-hydrogen) atoms. The highest BCUT2D eigenvalue weighted by molar-refractivity contribution is 7.98. The molecule has 4 nitrogen and oxygen atoms in total. The van der Waals surface area contributed by atoms with Crippen LogP contribution in [-0.4, -0.2) is 4.98 Å². The second kappa shape index (κ2) is 5.05. The topological polar surface area (TPSA) is 64.1 Å². The third-order valence-corrected chi connectivity index (χ3v) is 3.41. The third-order valence-electron chi connectivity index (χ3n) is 2.22. The van der Waals surface area contributed by atoms with E-state index in [-0.39, 0.29) is 0 Å². The molecule has 5 heteroatoms. The summed E-state index contributed by atoms with van der Waals surface area (Å²) in [4.78, 5) is 5.29. The molecule has 0 atom stereocenters. The number of nitrogen functional groups attached to an aromatic ring is 1. The van der Waals surface area contributed by atoms with Crippen molar-refractivity contribution in [3.8, 4) is 0 Å². The minimum absolute atomic E-state index is 0.719. The summed E-state index contributed by atoms with van der Waals surface area (Å²) in [5, 5.41) is 0. The van der Waals surface area contributed by atoms with Crippen molar-refractivity contribution in [3.05, 3.63) is 42.0 Å². The first kappa shape index (κ1) is 11.0. The molecule has 2 heterocycles. The van der Waals surface area contributed by atoms with Gasteiger partial charge in [0.2, 0.25) is 0 Å². The van der Waals surface area contributed by atoms with Crippen molar-refractivity contribution in [2.45, 2.75) is 17.6 Å². The number of hydrogen-bond donors (Lipinski definition) is 2.